The van der Waals surface area contributed by atoms with Crippen LogP contribution in [0.15, 0.2) is 28.2 Å². The normalized spacial score (nSPS) is 14.8. The second-order valence-electron chi connectivity index (χ2n) is 8.08. The number of amides is 1. The zero-order valence-corrected chi connectivity index (χ0v) is 19.4. The number of nitrogens with zero attached hydrogens (tertiary/aromatic N) is 5. The Morgan fingerprint density at radius 2 is 1.97 bits per heavy atom. The van der Waals surface area contributed by atoms with E-state index in [4.69, 9.17) is 4.42 Å². The van der Waals surface area contributed by atoms with Crippen LogP contribution in [0.3, 0.4) is 0 Å². The van der Waals surface area contributed by atoms with Crippen molar-refractivity contribution in [1.29, 1.82) is 0 Å². The van der Waals surface area contributed by atoms with Crippen molar-refractivity contribution in [2.45, 2.75) is 53.0 Å². The number of furan rings is 1. The lowest BCUT2D eigenvalue weighted by atomic mass is 10.0. The van der Waals surface area contributed by atoms with E-state index < -0.39 is 0 Å². The Labute approximate surface area is 187 Å². The Balaban J connectivity index is 1.45. The summed E-state index contributed by atoms with van der Waals surface area (Å²) >= 11 is 1.57. The van der Waals surface area contributed by atoms with E-state index >= 15 is 0 Å². The maximum Gasteiger partial charge on any atom is 0.257 e. The molecule has 1 aliphatic rings. The molecular weight excluding hydrogens is 410 g/mol. The van der Waals surface area contributed by atoms with Gasteiger partial charge in [-0.05, 0) is 46.1 Å². The molecule has 0 N–H and O–H groups in total. The number of carbonyl (C=O) groups excluding carboxylic acids is 1. The Hall–Kier alpha value is -2.74. The number of aryl methyl sites for hydroxylation is 3. The van der Waals surface area contributed by atoms with Crippen LogP contribution in [-0.2, 0) is 0 Å². The first kappa shape index (κ1) is 21.5. The smallest absolute Gasteiger partial charge is 0.257 e. The third kappa shape index (κ3) is 4.79. The third-order valence-corrected chi connectivity index (χ3v) is 6.40. The molecule has 4 rings (SSSR count). The van der Waals surface area contributed by atoms with Gasteiger partial charge in [-0.1, -0.05) is 6.92 Å². The highest BCUT2D eigenvalue weighted by Crippen LogP contribution is 2.27. The van der Waals surface area contributed by atoms with E-state index in [0.717, 1.165) is 66.9 Å². The minimum atomic E-state index is 0.0379. The molecule has 0 spiro atoms. The van der Waals surface area contributed by atoms with Crippen molar-refractivity contribution in [1.82, 2.24) is 19.9 Å². The molecule has 7 nitrogen and oxygen atoms in total. The van der Waals surface area contributed by atoms with Gasteiger partial charge in [-0.3, -0.25) is 4.79 Å². The first-order valence-electron chi connectivity index (χ1n) is 10.8. The molecule has 1 amide bonds. The fourth-order valence-electron chi connectivity index (χ4n) is 4.18. The van der Waals surface area contributed by atoms with Crippen molar-refractivity contribution in [2.24, 2.45) is 0 Å². The first-order chi connectivity index (χ1) is 14.9. The van der Waals surface area contributed by atoms with Crippen LogP contribution in [0.1, 0.15) is 53.1 Å². The Morgan fingerprint density at radius 1 is 1.19 bits per heavy atom. The van der Waals surface area contributed by atoms with Crippen LogP contribution >= 0.6 is 11.3 Å². The molecule has 1 saturated heterocycles. The van der Waals surface area contributed by atoms with Gasteiger partial charge in [0.25, 0.3) is 5.91 Å². The quantitative estimate of drug-likeness (QED) is 0.557. The summed E-state index contributed by atoms with van der Waals surface area (Å²) in [7, 11) is 0. The van der Waals surface area contributed by atoms with Crippen molar-refractivity contribution in [2.75, 3.05) is 24.5 Å². The molecule has 0 atom stereocenters. The Bertz CT molecular complexity index is 1030. The Kier molecular flexibility index (Phi) is 6.36. The molecule has 1 aliphatic heterocycles. The number of aromatic nitrogens is 3. The average molecular weight is 440 g/mol. The van der Waals surface area contributed by atoms with E-state index in [1.807, 2.05) is 43.2 Å². The summed E-state index contributed by atoms with van der Waals surface area (Å²) in [5.41, 5.74) is 2.37. The zero-order valence-electron chi connectivity index (χ0n) is 18.6. The minimum Gasteiger partial charge on any atom is -0.462 e. The molecule has 31 heavy (non-hydrogen) atoms. The van der Waals surface area contributed by atoms with E-state index in [2.05, 4.69) is 26.8 Å². The summed E-state index contributed by atoms with van der Waals surface area (Å²) in [5.74, 6) is 2.46. The standard InChI is InChI=1S/C23H29N5O2S/c1-5-8-28(23(29)18-12-21(30-13-18)20-14-31-17(4)26-20)19-6-9-27(10-7-19)22-11-15(2)24-16(3)25-22/h11-14,19H,5-10H2,1-4H3. The summed E-state index contributed by atoms with van der Waals surface area (Å²) < 4.78 is 5.67. The minimum absolute atomic E-state index is 0.0379. The van der Waals surface area contributed by atoms with Crippen LogP contribution in [0.4, 0.5) is 5.82 Å². The summed E-state index contributed by atoms with van der Waals surface area (Å²) in [6, 6.07) is 4.07. The number of piperidine rings is 1. The lowest BCUT2D eigenvalue weighted by Crippen LogP contribution is -2.48. The molecular formula is C23H29N5O2S. The maximum atomic E-state index is 13.3. The fraction of sp³-hybridized carbons (Fsp3) is 0.478. The predicted octanol–water partition coefficient (Wildman–Crippen LogP) is 4.64. The van der Waals surface area contributed by atoms with Gasteiger partial charge in [-0.15, -0.1) is 11.3 Å². The molecule has 0 unspecified atom stereocenters. The van der Waals surface area contributed by atoms with Gasteiger partial charge in [0.2, 0.25) is 0 Å². The van der Waals surface area contributed by atoms with Gasteiger partial charge in [0, 0.05) is 42.8 Å². The molecule has 0 aromatic carbocycles. The molecule has 4 heterocycles. The van der Waals surface area contributed by atoms with E-state index in [-0.39, 0.29) is 11.9 Å². The molecule has 0 aliphatic carbocycles. The molecule has 3 aromatic rings. The molecule has 8 heteroatoms. The SMILES string of the molecule is CCCN(C(=O)c1coc(-c2csc(C)n2)c1)C1CCN(c2cc(C)nc(C)n2)CC1. The molecule has 0 saturated carbocycles. The lowest BCUT2D eigenvalue weighted by molar-refractivity contribution is 0.0649. The zero-order chi connectivity index (χ0) is 22.0. The van der Waals surface area contributed by atoms with E-state index in [1.54, 1.807) is 17.6 Å². The highest BCUT2D eigenvalue weighted by Gasteiger charge is 2.29. The Morgan fingerprint density at radius 3 is 2.61 bits per heavy atom. The summed E-state index contributed by atoms with van der Waals surface area (Å²) in [6.07, 6.45) is 4.33. The van der Waals surface area contributed by atoms with Crippen LogP contribution in [0.5, 0.6) is 0 Å². The molecule has 164 valence electrons. The van der Waals surface area contributed by atoms with Crippen LogP contribution in [0, 0.1) is 20.8 Å². The largest absolute Gasteiger partial charge is 0.462 e. The summed E-state index contributed by atoms with van der Waals surface area (Å²) in [4.78, 5) is 31.1. The molecule has 1 fully saturated rings. The van der Waals surface area contributed by atoms with E-state index in [1.165, 1.54) is 0 Å². The monoisotopic (exact) mass is 439 g/mol. The van der Waals surface area contributed by atoms with Gasteiger partial charge in [0.05, 0.1) is 10.6 Å². The number of thiazole rings is 1. The van der Waals surface area contributed by atoms with Crippen molar-refractivity contribution in [3.63, 3.8) is 0 Å². The van der Waals surface area contributed by atoms with Crippen LogP contribution in [-0.4, -0.2) is 51.4 Å². The number of carbonyl (C=O) groups is 1. The average Bonchev–Trinajstić information content (AvgIpc) is 3.40. The van der Waals surface area contributed by atoms with Gasteiger partial charge in [0.15, 0.2) is 5.76 Å². The van der Waals surface area contributed by atoms with Crippen molar-refractivity contribution < 1.29 is 9.21 Å². The van der Waals surface area contributed by atoms with Gasteiger partial charge in [-0.25, -0.2) is 15.0 Å². The topological polar surface area (TPSA) is 75.4 Å². The third-order valence-electron chi connectivity index (χ3n) is 5.62. The van der Waals surface area contributed by atoms with E-state index in [0.29, 0.717) is 11.3 Å². The highest BCUT2D eigenvalue weighted by atomic mass is 32.1. The maximum absolute atomic E-state index is 13.3. The van der Waals surface area contributed by atoms with Crippen LogP contribution < -0.4 is 4.90 Å². The van der Waals surface area contributed by atoms with Crippen molar-refractivity contribution >= 4 is 23.1 Å². The molecule has 0 radical (unpaired) electrons. The van der Waals surface area contributed by atoms with Gasteiger partial charge in [-0.2, -0.15) is 0 Å². The first-order valence-corrected chi connectivity index (χ1v) is 11.7. The van der Waals surface area contributed by atoms with Crippen LogP contribution in [0.2, 0.25) is 0 Å². The van der Waals surface area contributed by atoms with Gasteiger partial charge >= 0.3 is 0 Å². The van der Waals surface area contributed by atoms with Crippen molar-refractivity contribution in [3.8, 4) is 11.5 Å². The van der Waals surface area contributed by atoms with Gasteiger partial charge in [0.1, 0.15) is 23.6 Å². The molecule has 0 bridgehead atoms. The molecule has 3 aromatic heterocycles. The predicted molar refractivity (Wildman–Crippen MR) is 123 cm³/mol. The van der Waals surface area contributed by atoms with Crippen molar-refractivity contribution in [3.05, 3.63) is 45.9 Å². The summed E-state index contributed by atoms with van der Waals surface area (Å²) in [6.45, 7) is 10.5. The van der Waals surface area contributed by atoms with Gasteiger partial charge < -0.3 is 14.2 Å². The van der Waals surface area contributed by atoms with Crippen LogP contribution in [0.25, 0.3) is 11.5 Å². The second-order valence-corrected chi connectivity index (χ2v) is 9.15. The number of anilines is 1. The van der Waals surface area contributed by atoms with E-state index in [9.17, 15) is 4.79 Å². The second kappa shape index (κ2) is 9.18. The summed E-state index contributed by atoms with van der Waals surface area (Å²) in [5, 5.41) is 2.94. The number of hydrogen-bond donors (Lipinski definition) is 0. The lowest BCUT2D eigenvalue weighted by Gasteiger charge is -2.39. The fourth-order valence-corrected chi connectivity index (χ4v) is 4.78. The highest BCUT2D eigenvalue weighted by molar-refractivity contribution is 7.09. The number of rotatable bonds is 6. The number of hydrogen-bond acceptors (Lipinski definition) is 7.